The molecule has 0 aromatic heterocycles. The van der Waals surface area contributed by atoms with E-state index in [0.717, 1.165) is 41.2 Å². The summed E-state index contributed by atoms with van der Waals surface area (Å²) in [6.07, 6.45) is 1.72. The van der Waals surface area contributed by atoms with Crippen molar-refractivity contribution in [2.75, 3.05) is 19.7 Å². The third kappa shape index (κ3) is 2.27. The first-order valence-electron chi connectivity index (χ1n) is 7.09. The summed E-state index contributed by atoms with van der Waals surface area (Å²) in [5, 5.41) is 5.38. The number of allylic oxidation sites excluding steroid dienone is 1. The summed E-state index contributed by atoms with van der Waals surface area (Å²) in [6, 6.07) is 8.05. The average Bonchev–Trinajstić information content (AvgIpc) is 2.70. The second kappa shape index (κ2) is 5.59. The topological polar surface area (TPSA) is 50.7 Å². The molecule has 0 aliphatic carbocycles. The van der Waals surface area contributed by atoms with Crippen LogP contribution in [0.5, 0.6) is 0 Å². The van der Waals surface area contributed by atoms with Gasteiger partial charge in [0, 0.05) is 11.8 Å². The molecule has 3 rings (SSSR count). The van der Waals surface area contributed by atoms with Gasteiger partial charge < -0.3 is 10.1 Å². The highest BCUT2D eigenvalue weighted by molar-refractivity contribution is 5.94. The molecule has 0 atom stereocenters. The fraction of sp³-hybridized carbons (Fsp3) is 0.375. The number of hydrogen-bond donors (Lipinski definition) is 1. The number of esters is 1. The predicted octanol–water partition coefficient (Wildman–Crippen LogP) is 0.671. The fourth-order valence-electron chi connectivity index (χ4n) is 2.61. The van der Waals surface area contributed by atoms with Crippen LogP contribution in [0.1, 0.15) is 19.8 Å². The molecule has 0 bridgehead atoms. The van der Waals surface area contributed by atoms with Crippen molar-refractivity contribution < 1.29 is 9.53 Å². The maximum absolute atomic E-state index is 12.2. The highest BCUT2D eigenvalue weighted by atomic mass is 16.5. The molecular weight excluding hydrogens is 252 g/mol. The first-order valence-corrected chi connectivity index (χ1v) is 7.09. The number of carbonyl (C=O) groups excluding carboxylic acids is 1. The Morgan fingerprint density at radius 3 is 3.10 bits per heavy atom. The van der Waals surface area contributed by atoms with E-state index in [1.165, 1.54) is 0 Å². The Balaban J connectivity index is 2.09. The van der Waals surface area contributed by atoms with E-state index in [2.05, 4.69) is 16.4 Å². The molecule has 0 saturated heterocycles. The van der Waals surface area contributed by atoms with Gasteiger partial charge in [-0.3, -0.25) is 0 Å². The number of para-hydroxylation sites is 1. The smallest absolute Gasteiger partial charge is 0.337 e. The van der Waals surface area contributed by atoms with Gasteiger partial charge in [-0.15, -0.1) is 0 Å². The van der Waals surface area contributed by atoms with Crippen LogP contribution >= 0.6 is 0 Å². The van der Waals surface area contributed by atoms with Crippen molar-refractivity contribution in [2.45, 2.75) is 19.8 Å². The second-order valence-corrected chi connectivity index (χ2v) is 5.00. The van der Waals surface area contributed by atoms with E-state index in [-0.39, 0.29) is 5.97 Å². The van der Waals surface area contributed by atoms with E-state index in [0.29, 0.717) is 18.7 Å². The summed E-state index contributed by atoms with van der Waals surface area (Å²) < 4.78 is 5.28. The molecule has 20 heavy (non-hydrogen) atoms. The summed E-state index contributed by atoms with van der Waals surface area (Å²) in [5.41, 5.74) is 2.63. The van der Waals surface area contributed by atoms with E-state index >= 15 is 0 Å². The average molecular weight is 270 g/mol. The van der Waals surface area contributed by atoms with Gasteiger partial charge in [-0.2, -0.15) is 0 Å². The third-order valence-corrected chi connectivity index (χ3v) is 3.57. The number of fused-ring (bicyclic) bond motifs is 2. The van der Waals surface area contributed by atoms with Gasteiger partial charge in [0.05, 0.1) is 23.2 Å². The Labute approximate surface area is 117 Å². The molecule has 0 radical (unpaired) electrons. The molecule has 104 valence electrons. The molecule has 4 nitrogen and oxygen atoms in total. The SMILES string of the molecule is CCCOC(=O)C1=C2N=c3ccccc3=C2CCNC1. The lowest BCUT2D eigenvalue weighted by Gasteiger charge is -2.08. The van der Waals surface area contributed by atoms with E-state index in [4.69, 9.17) is 4.74 Å². The number of rotatable bonds is 3. The van der Waals surface area contributed by atoms with Crippen molar-refractivity contribution in [3.05, 3.63) is 46.1 Å². The quantitative estimate of drug-likeness (QED) is 0.821. The molecule has 0 amide bonds. The molecule has 0 spiro atoms. The minimum absolute atomic E-state index is 0.245. The number of carbonyl (C=O) groups is 1. The Kier molecular flexibility index (Phi) is 3.65. The summed E-state index contributed by atoms with van der Waals surface area (Å²) >= 11 is 0. The zero-order valence-electron chi connectivity index (χ0n) is 11.6. The lowest BCUT2D eigenvalue weighted by molar-refractivity contribution is -0.139. The van der Waals surface area contributed by atoms with Crippen LogP contribution in [-0.4, -0.2) is 25.7 Å². The van der Waals surface area contributed by atoms with Gasteiger partial charge in [0.15, 0.2) is 0 Å². The monoisotopic (exact) mass is 270 g/mol. The van der Waals surface area contributed by atoms with Crippen LogP contribution in [0.3, 0.4) is 0 Å². The Morgan fingerprint density at radius 1 is 1.40 bits per heavy atom. The molecule has 1 aromatic rings. The van der Waals surface area contributed by atoms with Crippen LogP contribution in [0.15, 0.2) is 40.5 Å². The van der Waals surface area contributed by atoms with E-state index < -0.39 is 0 Å². The highest BCUT2D eigenvalue weighted by Crippen LogP contribution is 2.24. The van der Waals surface area contributed by atoms with Crippen molar-refractivity contribution in [1.82, 2.24) is 5.32 Å². The van der Waals surface area contributed by atoms with Crippen molar-refractivity contribution in [2.24, 2.45) is 4.99 Å². The van der Waals surface area contributed by atoms with Gasteiger partial charge in [-0.25, -0.2) is 9.79 Å². The third-order valence-electron chi connectivity index (χ3n) is 3.57. The molecule has 4 heteroatoms. The van der Waals surface area contributed by atoms with E-state index in [1.807, 2.05) is 25.1 Å². The van der Waals surface area contributed by atoms with Gasteiger partial charge in [-0.1, -0.05) is 25.1 Å². The number of benzene rings is 1. The van der Waals surface area contributed by atoms with Gasteiger partial charge >= 0.3 is 5.97 Å². The molecule has 0 unspecified atom stereocenters. The van der Waals surface area contributed by atoms with Crippen LogP contribution in [0.2, 0.25) is 0 Å². The van der Waals surface area contributed by atoms with Gasteiger partial charge in [0.2, 0.25) is 0 Å². The Bertz CT molecular complexity index is 689. The zero-order chi connectivity index (χ0) is 13.9. The normalized spacial score (nSPS) is 17.1. The van der Waals surface area contributed by atoms with Crippen molar-refractivity contribution >= 4 is 11.5 Å². The van der Waals surface area contributed by atoms with Crippen LogP contribution < -0.4 is 15.9 Å². The molecule has 0 fully saturated rings. The summed E-state index contributed by atoms with van der Waals surface area (Å²) in [4.78, 5) is 16.9. The van der Waals surface area contributed by atoms with E-state index in [1.54, 1.807) is 0 Å². The van der Waals surface area contributed by atoms with E-state index in [9.17, 15) is 4.79 Å². The molecule has 0 saturated carbocycles. The Morgan fingerprint density at radius 2 is 2.25 bits per heavy atom. The summed E-state index contributed by atoms with van der Waals surface area (Å²) in [6.45, 7) is 3.83. The van der Waals surface area contributed by atoms with Crippen molar-refractivity contribution in [3.8, 4) is 0 Å². The number of nitrogens with one attached hydrogen (secondary N) is 1. The lowest BCUT2D eigenvalue weighted by Crippen LogP contribution is -2.24. The Hall–Kier alpha value is -1.94. The van der Waals surface area contributed by atoms with Crippen LogP contribution in [-0.2, 0) is 9.53 Å². The number of nitrogens with zero attached hydrogens (tertiary/aromatic N) is 1. The van der Waals surface area contributed by atoms with Gasteiger partial charge in [0.1, 0.15) is 0 Å². The van der Waals surface area contributed by atoms with Crippen LogP contribution in [0.25, 0.3) is 5.57 Å². The summed E-state index contributed by atoms with van der Waals surface area (Å²) in [5.74, 6) is -0.245. The maximum atomic E-state index is 12.2. The van der Waals surface area contributed by atoms with Gasteiger partial charge in [0.25, 0.3) is 0 Å². The van der Waals surface area contributed by atoms with Crippen LogP contribution in [0, 0.1) is 0 Å². The standard InChI is InChI=1S/C16H18N2O2/c1-2-9-20-16(19)13-10-17-8-7-12-11-5-3-4-6-14(11)18-15(12)13/h3-6,17H,2,7-10H2,1H3. The first kappa shape index (κ1) is 13.1. The highest BCUT2D eigenvalue weighted by Gasteiger charge is 2.24. The molecule has 1 N–H and O–H groups in total. The minimum atomic E-state index is -0.245. The summed E-state index contributed by atoms with van der Waals surface area (Å²) in [7, 11) is 0. The number of ether oxygens (including phenoxy) is 1. The van der Waals surface area contributed by atoms with Crippen molar-refractivity contribution in [1.29, 1.82) is 0 Å². The molecule has 2 aliphatic rings. The number of hydrogen-bond acceptors (Lipinski definition) is 4. The minimum Gasteiger partial charge on any atom is -0.462 e. The largest absolute Gasteiger partial charge is 0.462 e. The fourth-order valence-corrected chi connectivity index (χ4v) is 2.61. The zero-order valence-corrected chi connectivity index (χ0v) is 11.6. The molecule has 1 aromatic carbocycles. The lowest BCUT2D eigenvalue weighted by atomic mass is 10.0. The maximum Gasteiger partial charge on any atom is 0.337 e. The molecule has 2 heterocycles. The van der Waals surface area contributed by atoms with Gasteiger partial charge in [-0.05, 0) is 31.0 Å². The predicted molar refractivity (Wildman–Crippen MR) is 76.4 cm³/mol. The second-order valence-electron chi connectivity index (χ2n) is 5.00. The van der Waals surface area contributed by atoms with Crippen molar-refractivity contribution in [3.63, 3.8) is 0 Å². The molecule has 2 aliphatic heterocycles. The van der Waals surface area contributed by atoms with Crippen LogP contribution in [0.4, 0.5) is 0 Å². The first-order chi connectivity index (χ1) is 9.81. The molecular formula is C16H18N2O2.